The second-order valence-corrected chi connectivity index (χ2v) is 5.10. The first-order valence-electron chi connectivity index (χ1n) is 6.66. The van der Waals surface area contributed by atoms with E-state index in [1.807, 2.05) is 0 Å². The highest BCUT2D eigenvalue weighted by molar-refractivity contribution is 5.94. The van der Waals surface area contributed by atoms with E-state index in [2.05, 4.69) is 5.32 Å². The van der Waals surface area contributed by atoms with Crippen LogP contribution in [-0.4, -0.2) is 36.9 Å². The Balaban J connectivity index is 1.77. The van der Waals surface area contributed by atoms with Crippen molar-refractivity contribution in [2.24, 2.45) is 5.92 Å². The summed E-state index contributed by atoms with van der Waals surface area (Å²) in [4.78, 5) is 11.6. The first kappa shape index (κ1) is 15.8. The molecule has 2 rings (SSSR count). The molecule has 1 atom stereocenters. The van der Waals surface area contributed by atoms with Gasteiger partial charge in [0.15, 0.2) is 17.5 Å². The van der Waals surface area contributed by atoms with Gasteiger partial charge < -0.3 is 15.2 Å². The van der Waals surface area contributed by atoms with Crippen molar-refractivity contribution in [3.8, 4) is 0 Å². The Morgan fingerprint density at radius 1 is 1.33 bits per heavy atom. The Morgan fingerprint density at radius 2 is 1.95 bits per heavy atom. The Labute approximate surface area is 119 Å². The Hall–Kier alpha value is -1.60. The average molecular weight is 303 g/mol. The van der Waals surface area contributed by atoms with Gasteiger partial charge in [-0.3, -0.25) is 4.79 Å². The number of benzene rings is 1. The van der Waals surface area contributed by atoms with E-state index in [0.29, 0.717) is 24.7 Å². The summed E-state index contributed by atoms with van der Waals surface area (Å²) < 4.78 is 44.0. The minimum absolute atomic E-state index is 0.0723. The van der Waals surface area contributed by atoms with Gasteiger partial charge in [-0.05, 0) is 30.9 Å². The van der Waals surface area contributed by atoms with Crippen molar-refractivity contribution < 1.29 is 27.8 Å². The van der Waals surface area contributed by atoms with Crippen molar-refractivity contribution in [3.63, 3.8) is 0 Å². The van der Waals surface area contributed by atoms with Gasteiger partial charge in [0, 0.05) is 18.7 Å². The number of rotatable bonds is 7. The molecule has 0 bridgehead atoms. The molecule has 0 heterocycles. The minimum atomic E-state index is -1.62. The number of ether oxygens (including phenoxy) is 1. The predicted molar refractivity (Wildman–Crippen MR) is 68.2 cm³/mol. The third-order valence-electron chi connectivity index (χ3n) is 3.10. The maximum Gasteiger partial charge on any atom is 0.251 e. The van der Waals surface area contributed by atoms with Gasteiger partial charge in [-0.1, -0.05) is 0 Å². The van der Waals surface area contributed by atoms with Crippen LogP contribution in [-0.2, 0) is 4.74 Å². The Bertz CT molecular complexity index is 497. The molecule has 1 aliphatic rings. The van der Waals surface area contributed by atoms with Crippen LogP contribution in [0.5, 0.6) is 0 Å². The first-order chi connectivity index (χ1) is 9.97. The second-order valence-electron chi connectivity index (χ2n) is 5.10. The number of aliphatic hydroxyl groups is 1. The zero-order valence-corrected chi connectivity index (χ0v) is 11.2. The largest absolute Gasteiger partial charge is 0.389 e. The second kappa shape index (κ2) is 6.91. The molecule has 0 aliphatic heterocycles. The van der Waals surface area contributed by atoms with Gasteiger partial charge in [-0.15, -0.1) is 0 Å². The molecule has 1 aliphatic carbocycles. The lowest BCUT2D eigenvalue weighted by Gasteiger charge is -2.12. The molecule has 1 fully saturated rings. The lowest BCUT2D eigenvalue weighted by atomic mass is 10.2. The molecular weight excluding hydrogens is 287 g/mol. The molecule has 1 saturated carbocycles. The molecule has 4 nitrogen and oxygen atoms in total. The molecule has 0 unspecified atom stereocenters. The zero-order chi connectivity index (χ0) is 15.4. The molecule has 0 spiro atoms. The number of aliphatic hydroxyl groups excluding tert-OH is 1. The van der Waals surface area contributed by atoms with Crippen LogP contribution in [0.1, 0.15) is 23.2 Å². The molecule has 1 aromatic carbocycles. The normalized spacial score (nSPS) is 15.8. The fraction of sp³-hybridized carbons (Fsp3) is 0.500. The van der Waals surface area contributed by atoms with E-state index >= 15 is 0 Å². The number of carbonyl (C=O) groups is 1. The maximum atomic E-state index is 13.0. The van der Waals surface area contributed by atoms with Crippen molar-refractivity contribution in [2.45, 2.75) is 18.9 Å². The smallest absolute Gasteiger partial charge is 0.251 e. The molecule has 0 aromatic heterocycles. The van der Waals surface area contributed by atoms with Crippen LogP contribution in [0.15, 0.2) is 12.1 Å². The Kier molecular flexibility index (Phi) is 5.19. The highest BCUT2D eigenvalue weighted by Crippen LogP contribution is 2.28. The van der Waals surface area contributed by atoms with Crippen LogP contribution in [0.4, 0.5) is 13.2 Å². The maximum absolute atomic E-state index is 13.0. The van der Waals surface area contributed by atoms with Crippen LogP contribution in [0, 0.1) is 23.4 Å². The monoisotopic (exact) mass is 303 g/mol. The molecule has 116 valence electrons. The SMILES string of the molecule is O=C(NC[C@H](O)COCC1CC1)c1cc(F)c(F)c(F)c1. The number of hydrogen-bond donors (Lipinski definition) is 2. The van der Waals surface area contributed by atoms with Crippen molar-refractivity contribution in [1.82, 2.24) is 5.32 Å². The Morgan fingerprint density at radius 3 is 2.52 bits per heavy atom. The molecule has 2 N–H and O–H groups in total. The van der Waals surface area contributed by atoms with E-state index in [1.165, 1.54) is 0 Å². The quantitative estimate of drug-likeness (QED) is 0.753. The number of nitrogens with one attached hydrogen (secondary N) is 1. The number of amides is 1. The standard InChI is InChI=1S/C14H16F3NO3/c15-11-3-9(4-12(16)13(11)17)14(20)18-5-10(19)7-21-6-8-1-2-8/h3-4,8,10,19H,1-2,5-7H2,(H,18,20)/t10-/m0/s1. The van der Waals surface area contributed by atoms with Gasteiger partial charge in [0.25, 0.3) is 5.91 Å². The molecule has 7 heteroatoms. The van der Waals surface area contributed by atoms with Gasteiger partial charge in [0.1, 0.15) is 0 Å². The highest BCUT2D eigenvalue weighted by atomic mass is 19.2. The number of halogens is 3. The summed E-state index contributed by atoms with van der Waals surface area (Å²) in [5.41, 5.74) is -0.350. The average Bonchev–Trinajstić information content (AvgIpc) is 3.25. The molecular formula is C14H16F3NO3. The molecule has 1 aromatic rings. The predicted octanol–water partition coefficient (Wildman–Crippen LogP) is 1.62. The highest BCUT2D eigenvalue weighted by Gasteiger charge is 2.21. The van der Waals surface area contributed by atoms with Crippen molar-refractivity contribution in [2.75, 3.05) is 19.8 Å². The van der Waals surface area contributed by atoms with E-state index < -0.39 is 29.5 Å². The summed E-state index contributed by atoms with van der Waals surface area (Å²) in [6.07, 6.45) is 1.35. The fourth-order valence-corrected chi connectivity index (χ4v) is 1.71. The molecule has 21 heavy (non-hydrogen) atoms. The zero-order valence-electron chi connectivity index (χ0n) is 11.2. The molecule has 1 amide bonds. The summed E-state index contributed by atoms with van der Waals surface area (Å²) in [6, 6.07) is 1.20. The summed E-state index contributed by atoms with van der Waals surface area (Å²) >= 11 is 0. The minimum Gasteiger partial charge on any atom is -0.389 e. The molecule has 0 saturated heterocycles. The van der Waals surface area contributed by atoms with Gasteiger partial charge in [0.05, 0.1) is 12.7 Å². The van der Waals surface area contributed by atoms with Crippen molar-refractivity contribution in [1.29, 1.82) is 0 Å². The number of hydrogen-bond acceptors (Lipinski definition) is 3. The third-order valence-corrected chi connectivity index (χ3v) is 3.10. The van der Waals surface area contributed by atoms with Crippen molar-refractivity contribution in [3.05, 3.63) is 35.1 Å². The number of carbonyl (C=O) groups excluding carboxylic acids is 1. The van der Waals surface area contributed by atoms with Crippen LogP contribution >= 0.6 is 0 Å². The fourth-order valence-electron chi connectivity index (χ4n) is 1.71. The van der Waals surface area contributed by atoms with E-state index in [4.69, 9.17) is 4.74 Å². The lowest BCUT2D eigenvalue weighted by Crippen LogP contribution is -2.34. The van der Waals surface area contributed by atoms with Crippen LogP contribution in [0.3, 0.4) is 0 Å². The third kappa shape index (κ3) is 4.71. The van der Waals surface area contributed by atoms with Gasteiger partial charge in [0.2, 0.25) is 0 Å². The van der Waals surface area contributed by atoms with Crippen LogP contribution in [0.2, 0.25) is 0 Å². The topological polar surface area (TPSA) is 58.6 Å². The summed E-state index contributed by atoms with van der Waals surface area (Å²) in [5, 5.41) is 11.9. The van der Waals surface area contributed by atoms with Gasteiger partial charge in [-0.25, -0.2) is 13.2 Å². The van der Waals surface area contributed by atoms with Crippen molar-refractivity contribution >= 4 is 5.91 Å². The first-order valence-corrected chi connectivity index (χ1v) is 6.66. The van der Waals surface area contributed by atoms with E-state index in [-0.39, 0.29) is 18.7 Å². The van der Waals surface area contributed by atoms with Crippen LogP contribution in [0.25, 0.3) is 0 Å². The van der Waals surface area contributed by atoms with Gasteiger partial charge in [-0.2, -0.15) is 0 Å². The molecule has 0 radical (unpaired) electrons. The summed E-state index contributed by atoms with van der Waals surface area (Å²) in [5.74, 6) is -4.73. The van der Waals surface area contributed by atoms with E-state index in [1.54, 1.807) is 0 Å². The summed E-state index contributed by atoms with van der Waals surface area (Å²) in [6.45, 7) is 0.534. The van der Waals surface area contributed by atoms with Gasteiger partial charge >= 0.3 is 0 Å². The van der Waals surface area contributed by atoms with E-state index in [0.717, 1.165) is 12.8 Å². The lowest BCUT2D eigenvalue weighted by molar-refractivity contribution is 0.0320. The van der Waals surface area contributed by atoms with E-state index in [9.17, 15) is 23.1 Å². The summed E-state index contributed by atoms with van der Waals surface area (Å²) in [7, 11) is 0. The van der Waals surface area contributed by atoms with Crippen LogP contribution < -0.4 is 5.32 Å².